The Morgan fingerprint density at radius 1 is 0.931 bits per heavy atom. The Morgan fingerprint density at radius 3 is 2.52 bits per heavy atom. The lowest BCUT2D eigenvalue weighted by Crippen LogP contribution is -2.09. The number of pyridine rings is 1. The molecular weight excluding hydrogens is 368 g/mol. The van der Waals surface area contributed by atoms with Crippen molar-refractivity contribution in [3.8, 4) is 17.1 Å². The molecule has 3 aromatic heterocycles. The predicted octanol–water partition coefficient (Wildman–Crippen LogP) is 4.28. The zero-order valence-electron chi connectivity index (χ0n) is 15.9. The van der Waals surface area contributed by atoms with Gasteiger partial charge in [0.25, 0.3) is 0 Å². The van der Waals surface area contributed by atoms with Crippen LogP contribution in [0.25, 0.3) is 11.1 Å². The van der Waals surface area contributed by atoms with E-state index in [0.29, 0.717) is 25.0 Å². The molecule has 0 bridgehead atoms. The van der Waals surface area contributed by atoms with Gasteiger partial charge in [0.15, 0.2) is 0 Å². The second-order valence-electron chi connectivity index (χ2n) is 6.08. The Morgan fingerprint density at radius 2 is 1.79 bits per heavy atom. The van der Waals surface area contributed by atoms with Gasteiger partial charge in [-0.05, 0) is 48.4 Å². The van der Waals surface area contributed by atoms with Gasteiger partial charge in [-0.3, -0.25) is 4.98 Å². The summed E-state index contributed by atoms with van der Waals surface area (Å²) < 4.78 is 10.8. The zero-order valence-corrected chi connectivity index (χ0v) is 15.9. The van der Waals surface area contributed by atoms with Gasteiger partial charge < -0.3 is 19.8 Å². The first-order valence-corrected chi connectivity index (χ1v) is 9.23. The summed E-state index contributed by atoms with van der Waals surface area (Å²) >= 11 is 0. The minimum Gasteiger partial charge on any atom is -0.467 e. The van der Waals surface area contributed by atoms with E-state index in [0.717, 1.165) is 22.6 Å². The van der Waals surface area contributed by atoms with Gasteiger partial charge in [0, 0.05) is 18.1 Å². The van der Waals surface area contributed by atoms with Gasteiger partial charge in [0.2, 0.25) is 11.9 Å². The minimum atomic E-state index is 0.249. The smallest absolute Gasteiger partial charge is 0.323 e. The Balaban J connectivity index is 1.50. The summed E-state index contributed by atoms with van der Waals surface area (Å²) in [6.07, 6.45) is 5.21. The molecule has 0 saturated heterocycles. The molecule has 0 aliphatic heterocycles. The number of rotatable bonds is 8. The molecule has 0 unspecified atom stereocenters. The molecule has 0 aliphatic rings. The molecule has 0 atom stereocenters. The van der Waals surface area contributed by atoms with Gasteiger partial charge in [0.05, 0.1) is 19.4 Å². The van der Waals surface area contributed by atoms with Crippen LogP contribution in [-0.2, 0) is 6.54 Å². The van der Waals surface area contributed by atoms with Crippen molar-refractivity contribution >= 4 is 17.6 Å². The SMILES string of the molecule is CCOc1nc(NCc2ccco2)nc(Nc2ccc(-c3cccnc3)cc2)n1. The van der Waals surface area contributed by atoms with Crippen molar-refractivity contribution in [2.45, 2.75) is 13.5 Å². The molecule has 0 aliphatic carbocycles. The van der Waals surface area contributed by atoms with Gasteiger partial charge in [-0.15, -0.1) is 0 Å². The molecule has 0 amide bonds. The molecule has 3 heterocycles. The Hall–Kier alpha value is -3.94. The van der Waals surface area contributed by atoms with Crippen LogP contribution in [-0.4, -0.2) is 26.5 Å². The standard InChI is InChI=1S/C21H20N6O2/c1-2-28-21-26-19(23-14-18-6-4-12-29-18)25-20(27-21)24-17-9-7-15(8-10-17)16-5-3-11-22-13-16/h3-13H,2,14H2,1H3,(H2,23,24,25,26,27). The number of nitrogens with one attached hydrogen (secondary N) is 2. The Kier molecular flexibility index (Phi) is 5.61. The molecule has 0 fully saturated rings. The van der Waals surface area contributed by atoms with Crippen LogP contribution in [0.2, 0.25) is 0 Å². The highest BCUT2D eigenvalue weighted by atomic mass is 16.5. The third-order valence-corrected chi connectivity index (χ3v) is 4.03. The molecule has 8 nitrogen and oxygen atoms in total. The number of furan rings is 1. The number of anilines is 3. The maximum Gasteiger partial charge on any atom is 0.323 e. The predicted molar refractivity (Wildman–Crippen MR) is 110 cm³/mol. The van der Waals surface area contributed by atoms with E-state index >= 15 is 0 Å². The van der Waals surface area contributed by atoms with Gasteiger partial charge in [0.1, 0.15) is 5.76 Å². The average molecular weight is 388 g/mol. The fourth-order valence-electron chi connectivity index (χ4n) is 2.67. The van der Waals surface area contributed by atoms with E-state index in [-0.39, 0.29) is 6.01 Å². The minimum absolute atomic E-state index is 0.249. The third-order valence-electron chi connectivity index (χ3n) is 4.03. The highest BCUT2D eigenvalue weighted by Crippen LogP contribution is 2.22. The normalized spacial score (nSPS) is 10.5. The number of aromatic nitrogens is 4. The highest BCUT2D eigenvalue weighted by Gasteiger charge is 2.09. The quantitative estimate of drug-likeness (QED) is 0.461. The lowest BCUT2D eigenvalue weighted by molar-refractivity contribution is 0.312. The van der Waals surface area contributed by atoms with Crippen LogP contribution in [0.5, 0.6) is 6.01 Å². The van der Waals surface area contributed by atoms with Crippen LogP contribution in [0.15, 0.2) is 71.6 Å². The summed E-state index contributed by atoms with van der Waals surface area (Å²) in [6, 6.07) is 15.8. The highest BCUT2D eigenvalue weighted by molar-refractivity contribution is 5.66. The van der Waals surface area contributed by atoms with Gasteiger partial charge in [-0.25, -0.2) is 0 Å². The number of benzene rings is 1. The summed E-state index contributed by atoms with van der Waals surface area (Å²) in [5.74, 6) is 1.57. The monoisotopic (exact) mass is 388 g/mol. The number of ether oxygens (including phenoxy) is 1. The lowest BCUT2D eigenvalue weighted by atomic mass is 10.1. The van der Waals surface area contributed by atoms with E-state index in [2.05, 4.69) is 30.6 Å². The maximum atomic E-state index is 5.47. The summed E-state index contributed by atoms with van der Waals surface area (Å²) in [4.78, 5) is 17.2. The second kappa shape index (κ2) is 8.83. The van der Waals surface area contributed by atoms with Gasteiger partial charge >= 0.3 is 6.01 Å². The average Bonchev–Trinajstić information content (AvgIpc) is 3.27. The maximum absolute atomic E-state index is 5.47. The van der Waals surface area contributed by atoms with E-state index in [1.54, 1.807) is 12.5 Å². The summed E-state index contributed by atoms with van der Waals surface area (Å²) in [6.45, 7) is 2.80. The number of hydrogen-bond acceptors (Lipinski definition) is 8. The topological polar surface area (TPSA) is 98.0 Å². The molecule has 0 spiro atoms. The summed E-state index contributed by atoms with van der Waals surface area (Å²) in [5, 5.41) is 6.31. The van der Waals surface area contributed by atoms with E-state index in [1.807, 2.05) is 61.7 Å². The molecular formula is C21H20N6O2. The first-order chi connectivity index (χ1) is 14.3. The van der Waals surface area contributed by atoms with Crippen molar-refractivity contribution in [3.05, 3.63) is 72.9 Å². The molecule has 1 aromatic carbocycles. The third kappa shape index (κ3) is 4.86. The fraction of sp³-hybridized carbons (Fsp3) is 0.143. The van der Waals surface area contributed by atoms with Crippen LogP contribution < -0.4 is 15.4 Å². The number of nitrogens with zero attached hydrogens (tertiary/aromatic N) is 4. The Labute approximate surface area is 168 Å². The largest absolute Gasteiger partial charge is 0.467 e. The summed E-state index contributed by atoms with van der Waals surface area (Å²) in [5.41, 5.74) is 2.99. The molecule has 4 aromatic rings. The van der Waals surface area contributed by atoms with Crippen molar-refractivity contribution in [2.75, 3.05) is 17.2 Å². The molecule has 146 valence electrons. The van der Waals surface area contributed by atoms with Crippen LogP contribution in [0.3, 0.4) is 0 Å². The van der Waals surface area contributed by atoms with Gasteiger partial charge in [-0.1, -0.05) is 18.2 Å². The molecule has 0 radical (unpaired) electrons. The molecule has 2 N–H and O–H groups in total. The van der Waals surface area contributed by atoms with Crippen LogP contribution in [0.4, 0.5) is 17.6 Å². The van der Waals surface area contributed by atoms with Crippen molar-refractivity contribution < 1.29 is 9.15 Å². The molecule has 8 heteroatoms. The van der Waals surface area contributed by atoms with E-state index in [1.165, 1.54) is 0 Å². The van der Waals surface area contributed by atoms with Crippen molar-refractivity contribution in [3.63, 3.8) is 0 Å². The Bertz CT molecular complexity index is 1040. The fourth-order valence-corrected chi connectivity index (χ4v) is 2.67. The van der Waals surface area contributed by atoms with E-state index in [4.69, 9.17) is 9.15 Å². The lowest BCUT2D eigenvalue weighted by Gasteiger charge is -2.10. The van der Waals surface area contributed by atoms with Crippen molar-refractivity contribution in [1.82, 2.24) is 19.9 Å². The first-order valence-electron chi connectivity index (χ1n) is 9.23. The van der Waals surface area contributed by atoms with Gasteiger partial charge in [-0.2, -0.15) is 15.0 Å². The molecule has 4 rings (SSSR count). The first kappa shape index (κ1) is 18.4. The zero-order chi connectivity index (χ0) is 19.9. The van der Waals surface area contributed by atoms with E-state index < -0.39 is 0 Å². The molecule has 29 heavy (non-hydrogen) atoms. The molecule has 0 saturated carbocycles. The van der Waals surface area contributed by atoms with Crippen LogP contribution >= 0.6 is 0 Å². The summed E-state index contributed by atoms with van der Waals surface area (Å²) in [7, 11) is 0. The van der Waals surface area contributed by atoms with Crippen molar-refractivity contribution in [1.29, 1.82) is 0 Å². The van der Waals surface area contributed by atoms with Crippen molar-refractivity contribution in [2.24, 2.45) is 0 Å². The van der Waals surface area contributed by atoms with Crippen LogP contribution in [0.1, 0.15) is 12.7 Å². The second-order valence-corrected chi connectivity index (χ2v) is 6.08. The van der Waals surface area contributed by atoms with Crippen LogP contribution in [0, 0.1) is 0 Å². The number of hydrogen-bond donors (Lipinski definition) is 2. The van der Waals surface area contributed by atoms with E-state index in [9.17, 15) is 0 Å².